The van der Waals surface area contributed by atoms with Crippen LogP contribution in [0.4, 0.5) is 5.69 Å². The van der Waals surface area contributed by atoms with Gasteiger partial charge in [0.15, 0.2) is 0 Å². The van der Waals surface area contributed by atoms with Crippen LogP contribution in [0.1, 0.15) is 31.2 Å². The van der Waals surface area contributed by atoms with E-state index in [-0.39, 0.29) is 11.8 Å². The van der Waals surface area contributed by atoms with Gasteiger partial charge in [-0.25, -0.2) is 0 Å². The summed E-state index contributed by atoms with van der Waals surface area (Å²) in [5.74, 6) is 1.16. The Bertz CT molecular complexity index is 425. The van der Waals surface area contributed by atoms with Gasteiger partial charge in [0.25, 0.3) is 0 Å². The average Bonchev–Trinajstić information content (AvgIpc) is 2.97. The number of carbonyl (C=O) groups excluding carboxylic acids is 2. The third-order valence-corrected chi connectivity index (χ3v) is 3.40. The van der Waals surface area contributed by atoms with Gasteiger partial charge < -0.3 is 14.8 Å². The molecule has 1 aromatic rings. The number of ether oxygens (including phenoxy) is 1. The van der Waals surface area contributed by atoms with E-state index in [0.717, 1.165) is 29.8 Å². The molecule has 1 saturated carbocycles. The summed E-state index contributed by atoms with van der Waals surface area (Å²) >= 11 is 0. The van der Waals surface area contributed by atoms with Crippen molar-refractivity contribution in [3.05, 3.63) is 23.8 Å². The van der Waals surface area contributed by atoms with Crippen LogP contribution < -0.4 is 10.1 Å². The molecule has 1 aromatic carbocycles. The van der Waals surface area contributed by atoms with Crippen LogP contribution in [0.2, 0.25) is 0 Å². The zero-order chi connectivity index (χ0) is 14.3. The summed E-state index contributed by atoms with van der Waals surface area (Å²) in [6.45, 7) is 3.99. The van der Waals surface area contributed by atoms with Crippen LogP contribution >= 0.6 is 0 Å². The van der Waals surface area contributed by atoms with Crippen molar-refractivity contribution in [2.24, 2.45) is 5.92 Å². The van der Waals surface area contributed by atoms with Gasteiger partial charge in [0.1, 0.15) is 12.5 Å². The first-order chi connectivity index (χ1) is 9.20. The minimum atomic E-state index is 0.147. The molecule has 104 valence electrons. The number of anilines is 1. The zero-order valence-electron chi connectivity index (χ0n) is 11.6. The molecule has 0 aromatic heterocycles. The quantitative estimate of drug-likeness (QED) is 0.912. The van der Waals surface area contributed by atoms with Crippen LogP contribution in [0.5, 0.6) is 5.75 Å². The van der Waals surface area contributed by atoms with E-state index in [9.17, 15) is 4.79 Å². The number of benzene rings is 1. The highest BCUT2D eigenvalue weighted by atomic mass is 16.5. The van der Waals surface area contributed by atoms with Crippen LogP contribution in [0.3, 0.4) is 0 Å². The molecule has 2 rings (SSSR count). The first-order valence-electron chi connectivity index (χ1n) is 6.45. The van der Waals surface area contributed by atoms with Crippen molar-refractivity contribution in [1.82, 2.24) is 0 Å². The fraction of sp³-hybridized carbons (Fsp3) is 0.467. The highest BCUT2D eigenvalue weighted by molar-refractivity contribution is 5.92. The largest absolute Gasteiger partial charge is 0.496 e. The Balaban J connectivity index is 0.000000861. The van der Waals surface area contributed by atoms with E-state index in [4.69, 9.17) is 9.53 Å². The summed E-state index contributed by atoms with van der Waals surface area (Å²) < 4.78 is 5.24. The lowest BCUT2D eigenvalue weighted by Gasteiger charge is -2.12. The summed E-state index contributed by atoms with van der Waals surface area (Å²) in [7, 11) is 1.64. The molecule has 1 aliphatic rings. The van der Waals surface area contributed by atoms with E-state index >= 15 is 0 Å². The van der Waals surface area contributed by atoms with Crippen molar-refractivity contribution in [2.75, 3.05) is 12.4 Å². The highest BCUT2D eigenvalue weighted by Gasteiger charge is 2.22. The summed E-state index contributed by atoms with van der Waals surface area (Å²) in [5, 5.41) is 2.97. The maximum absolute atomic E-state index is 11.9. The van der Waals surface area contributed by atoms with Gasteiger partial charge in [0.05, 0.1) is 7.11 Å². The molecule has 0 atom stereocenters. The SMILES string of the molecule is C=O.COc1cc(NC(=O)C2CCCC2)ccc1C. The number of methoxy groups -OCH3 is 1. The number of amides is 1. The van der Waals surface area contributed by atoms with E-state index in [1.54, 1.807) is 7.11 Å². The van der Waals surface area contributed by atoms with Crippen LogP contribution in [-0.4, -0.2) is 19.8 Å². The molecule has 0 radical (unpaired) electrons. The van der Waals surface area contributed by atoms with Gasteiger partial charge in [0, 0.05) is 17.7 Å². The normalized spacial score (nSPS) is 14.4. The molecular weight excluding hydrogens is 242 g/mol. The maximum atomic E-state index is 11.9. The van der Waals surface area contributed by atoms with Crippen molar-refractivity contribution in [3.8, 4) is 5.75 Å². The van der Waals surface area contributed by atoms with Gasteiger partial charge in [-0.2, -0.15) is 0 Å². The average molecular weight is 263 g/mol. The van der Waals surface area contributed by atoms with Gasteiger partial charge in [-0.3, -0.25) is 4.79 Å². The van der Waals surface area contributed by atoms with Crippen molar-refractivity contribution in [3.63, 3.8) is 0 Å². The molecule has 4 nitrogen and oxygen atoms in total. The minimum Gasteiger partial charge on any atom is -0.496 e. The van der Waals surface area contributed by atoms with Crippen LogP contribution in [-0.2, 0) is 9.59 Å². The van der Waals surface area contributed by atoms with E-state index in [1.807, 2.05) is 31.9 Å². The number of rotatable bonds is 3. The van der Waals surface area contributed by atoms with Gasteiger partial charge in [-0.05, 0) is 31.4 Å². The topological polar surface area (TPSA) is 55.4 Å². The summed E-state index contributed by atoms with van der Waals surface area (Å²) in [4.78, 5) is 19.9. The lowest BCUT2D eigenvalue weighted by molar-refractivity contribution is -0.119. The fourth-order valence-electron chi connectivity index (χ4n) is 2.33. The molecule has 0 bridgehead atoms. The monoisotopic (exact) mass is 263 g/mol. The minimum absolute atomic E-state index is 0.147. The summed E-state index contributed by atoms with van der Waals surface area (Å²) in [6, 6.07) is 5.76. The number of nitrogens with one attached hydrogen (secondary N) is 1. The van der Waals surface area contributed by atoms with Gasteiger partial charge in [-0.15, -0.1) is 0 Å². The molecule has 1 fully saturated rings. The van der Waals surface area contributed by atoms with Crippen LogP contribution in [0, 0.1) is 12.8 Å². The molecule has 0 unspecified atom stereocenters. The number of aryl methyl sites for hydroxylation is 1. The van der Waals surface area contributed by atoms with Crippen LogP contribution in [0.25, 0.3) is 0 Å². The summed E-state index contributed by atoms with van der Waals surface area (Å²) in [5.41, 5.74) is 1.90. The Morgan fingerprint density at radius 3 is 2.53 bits per heavy atom. The van der Waals surface area contributed by atoms with E-state index in [1.165, 1.54) is 12.8 Å². The molecule has 1 amide bonds. The van der Waals surface area contributed by atoms with E-state index in [0.29, 0.717) is 0 Å². The molecule has 1 N–H and O–H groups in total. The third-order valence-electron chi connectivity index (χ3n) is 3.40. The predicted octanol–water partition coefficient (Wildman–Crippen LogP) is 2.95. The fourth-order valence-corrected chi connectivity index (χ4v) is 2.33. The molecule has 4 heteroatoms. The van der Waals surface area contributed by atoms with Crippen molar-refractivity contribution < 1.29 is 14.3 Å². The number of carbonyl (C=O) groups is 2. The molecule has 1 aliphatic carbocycles. The number of hydrogen-bond donors (Lipinski definition) is 1. The third kappa shape index (κ3) is 4.09. The van der Waals surface area contributed by atoms with Crippen molar-refractivity contribution in [2.45, 2.75) is 32.6 Å². The van der Waals surface area contributed by atoms with E-state index < -0.39 is 0 Å². The van der Waals surface area contributed by atoms with Gasteiger partial charge in [0.2, 0.25) is 5.91 Å². The van der Waals surface area contributed by atoms with Crippen molar-refractivity contribution in [1.29, 1.82) is 0 Å². The first-order valence-corrected chi connectivity index (χ1v) is 6.45. The lowest BCUT2D eigenvalue weighted by atomic mass is 10.1. The van der Waals surface area contributed by atoms with Crippen molar-refractivity contribution >= 4 is 18.4 Å². The summed E-state index contributed by atoms with van der Waals surface area (Å²) in [6.07, 6.45) is 4.40. The molecule has 0 heterocycles. The Hall–Kier alpha value is -1.84. The molecule has 0 spiro atoms. The van der Waals surface area contributed by atoms with E-state index in [2.05, 4.69) is 5.32 Å². The molecule has 0 aliphatic heterocycles. The molecular formula is C15H21NO3. The van der Waals surface area contributed by atoms with Gasteiger partial charge in [-0.1, -0.05) is 18.9 Å². The lowest BCUT2D eigenvalue weighted by Crippen LogP contribution is -2.20. The second-order valence-corrected chi connectivity index (χ2v) is 4.66. The maximum Gasteiger partial charge on any atom is 0.227 e. The zero-order valence-corrected chi connectivity index (χ0v) is 11.6. The standard InChI is InChI=1S/C14H19NO2.CH2O/c1-10-7-8-12(9-13(10)17-2)15-14(16)11-5-3-4-6-11;1-2/h7-9,11H,3-6H2,1-2H3,(H,15,16);1H2. The van der Waals surface area contributed by atoms with Crippen LogP contribution in [0.15, 0.2) is 18.2 Å². The Labute approximate surface area is 114 Å². The Kier molecular flexibility index (Phi) is 6.06. The second-order valence-electron chi connectivity index (χ2n) is 4.66. The molecule has 0 saturated heterocycles. The Morgan fingerprint density at radius 1 is 1.32 bits per heavy atom. The first kappa shape index (κ1) is 15.2. The smallest absolute Gasteiger partial charge is 0.227 e. The molecule has 19 heavy (non-hydrogen) atoms. The predicted molar refractivity (Wildman–Crippen MR) is 75.4 cm³/mol. The Morgan fingerprint density at radius 2 is 1.95 bits per heavy atom. The number of hydrogen-bond acceptors (Lipinski definition) is 3. The highest BCUT2D eigenvalue weighted by Crippen LogP contribution is 2.27. The second kappa shape index (κ2) is 7.56. The van der Waals surface area contributed by atoms with Gasteiger partial charge >= 0.3 is 0 Å².